The molecule has 2 nitrogen and oxygen atoms in total. The molecule has 0 bridgehead atoms. The predicted octanol–water partition coefficient (Wildman–Crippen LogP) is 2.80. The highest BCUT2D eigenvalue weighted by Gasteiger charge is 2.04. The van der Waals surface area contributed by atoms with E-state index in [-0.39, 0.29) is 12.2 Å². The lowest BCUT2D eigenvalue weighted by Crippen LogP contribution is -2.09. The number of carbonyl (C=O) groups excluding carboxylic acids is 1. The van der Waals surface area contributed by atoms with Crippen LogP contribution < -0.4 is 0 Å². The van der Waals surface area contributed by atoms with E-state index in [9.17, 15) is 9.90 Å². The van der Waals surface area contributed by atoms with Crippen LogP contribution in [0.4, 0.5) is 0 Å². The highest BCUT2D eigenvalue weighted by Crippen LogP contribution is 2.10. The normalized spacial score (nSPS) is 13.7. The van der Waals surface area contributed by atoms with Crippen molar-refractivity contribution in [2.75, 3.05) is 5.75 Å². The van der Waals surface area contributed by atoms with Crippen molar-refractivity contribution in [1.82, 2.24) is 0 Å². The number of aliphatic hydroxyl groups excluding tert-OH is 1. The molecule has 88 valence electrons. The molecule has 3 heteroatoms. The molecule has 1 atom stereocenters. The molecule has 0 saturated carbocycles. The second kappa shape index (κ2) is 8.98. The van der Waals surface area contributed by atoms with Crippen LogP contribution in [0, 0.1) is 0 Å². The van der Waals surface area contributed by atoms with Gasteiger partial charge in [-0.25, -0.2) is 0 Å². The second-order valence-corrected chi connectivity index (χ2v) is 5.48. The van der Waals surface area contributed by atoms with Crippen molar-refractivity contribution in [3.8, 4) is 0 Å². The van der Waals surface area contributed by atoms with Crippen LogP contribution in [0.3, 0.4) is 0 Å². The van der Waals surface area contributed by atoms with Gasteiger partial charge < -0.3 is 5.11 Å². The molecule has 1 unspecified atom stereocenters. The van der Waals surface area contributed by atoms with Gasteiger partial charge in [0.05, 0.1) is 6.10 Å². The molecule has 1 N–H and O–H groups in total. The van der Waals surface area contributed by atoms with E-state index in [2.05, 4.69) is 13.8 Å². The van der Waals surface area contributed by atoms with Crippen LogP contribution in [0.25, 0.3) is 0 Å². The molecule has 0 aromatic heterocycles. The minimum absolute atomic E-state index is 0.115. The van der Waals surface area contributed by atoms with Crippen molar-refractivity contribution in [3.05, 3.63) is 12.2 Å². The maximum atomic E-state index is 11.0. The van der Waals surface area contributed by atoms with Crippen LogP contribution in [0.15, 0.2) is 12.2 Å². The first-order chi connectivity index (χ1) is 7.06. The van der Waals surface area contributed by atoms with Crippen molar-refractivity contribution in [2.24, 2.45) is 0 Å². The molecule has 0 aliphatic rings. The Bertz CT molecular complexity index is 200. The monoisotopic (exact) mass is 230 g/mol. The Morgan fingerprint density at radius 3 is 2.67 bits per heavy atom. The van der Waals surface area contributed by atoms with Crippen molar-refractivity contribution in [1.29, 1.82) is 0 Å². The third kappa shape index (κ3) is 10.0. The summed E-state index contributed by atoms with van der Waals surface area (Å²) in [6, 6.07) is 0. The summed E-state index contributed by atoms with van der Waals surface area (Å²) in [5, 5.41) is 10.1. The zero-order valence-electron chi connectivity index (χ0n) is 9.90. The Balaban J connectivity index is 3.54. The Morgan fingerprint density at radius 1 is 1.47 bits per heavy atom. The average Bonchev–Trinajstić information content (AvgIpc) is 2.16. The lowest BCUT2D eigenvalue weighted by atomic mass is 10.1. The third-order valence-corrected chi connectivity index (χ3v) is 3.06. The first-order valence-corrected chi connectivity index (χ1v) is 6.59. The van der Waals surface area contributed by atoms with Crippen LogP contribution in [0.2, 0.25) is 0 Å². The van der Waals surface area contributed by atoms with Crippen LogP contribution in [-0.4, -0.2) is 28.0 Å². The molecule has 15 heavy (non-hydrogen) atoms. The van der Waals surface area contributed by atoms with E-state index < -0.39 is 6.10 Å². The summed E-state index contributed by atoms with van der Waals surface area (Å²) in [6.45, 7) is 6.16. The van der Waals surface area contributed by atoms with Gasteiger partial charge in [-0.1, -0.05) is 32.9 Å². The number of allylic oxidation sites excluding steroid dienone is 1. The molecule has 0 saturated heterocycles. The molecule has 0 spiro atoms. The quantitative estimate of drug-likeness (QED) is 0.514. The highest BCUT2D eigenvalue weighted by molar-refractivity contribution is 7.99. The van der Waals surface area contributed by atoms with Gasteiger partial charge in [0.15, 0.2) is 0 Å². The number of ketones is 1. The summed E-state index contributed by atoms with van der Waals surface area (Å²) < 4.78 is 0. The number of rotatable bonds is 8. The maximum Gasteiger partial charge on any atom is 0.135 e. The summed E-state index contributed by atoms with van der Waals surface area (Å²) in [5.74, 6) is 1.19. The first-order valence-electron chi connectivity index (χ1n) is 5.54. The lowest BCUT2D eigenvalue weighted by Gasteiger charge is -2.03. The van der Waals surface area contributed by atoms with E-state index in [1.165, 1.54) is 0 Å². The Hall–Kier alpha value is -0.280. The number of Topliss-reactive ketones (excluding diaryl/α,β-unsaturated/α-hetero) is 1. The number of hydrogen-bond donors (Lipinski definition) is 1. The van der Waals surface area contributed by atoms with Gasteiger partial charge in [-0.05, 0) is 17.4 Å². The van der Waals surface area contributed by atoms with Crippen LogP contribution in [0.1, 0.15) is 40.0 Å². The van der Waals surface area contributed by atoms with E-state index >= 15 is 0 Å². The molecule has 0 aliphatic heterocycles. The fraction of sp³-hybridized carbons (Fsp3) is 0.750. The zero-order valence-corrected chi connectivity index (χ0v) is 10.7. The zero-order chi connectivity index (χ0) is 11.7. The van der Waals surface area contributed by atoms with Gasteiger partial charge >= 0.3 is 0 Å². The predicted molar refractivity (Wildman–Crippen MR) is 67.3 cm³/mol. The highest BCUT2D eigenvalue weighted by atomic mass is 32.2. The molecule has 0 aromatic carbocycles. The van der Waals surface area contributed by atoms with Gasteiger partial charge in [0.2, 0.25) is 0 Å². The largest absolute Gasteiger partial charge is 0.389 e. The molecule has 0 aromatic rings. The van der Waals surface area contributed by atoms with Crippen molar-refractivity contribution >= 4 is 17.5 Å². The van der Waals surface area contributed by atoms with E-state index in [0.717, 1.165) is 12.2 Å². The number of aliphatic hydroxyl groups is 1. The number of carbonyl (C=O) groups is 1. The molecule has 0 aliphatic carbocycles. The molecule has 0 amide bonds. The van der Waals surface area contributed by atoms with Gasteiger partial charge in [0.1, 0.15) is 5.78 Å². The van der Waals surface area contributed by atoms with Crippen LogP contribution >= 0.6 is 11.8 Å². The Labute approximate surface area is 97.1 Å². The van der Waals surface area contributed by atoms with Crippen LogP contribution in [-0.2, 0) is 4.79 Å². The number of thioether (sulfide) groups is 1. The standard InChI is InChI=1S/C12H22O2S/c1-4-11(13)9-12(14)7-5-6-8-15-10(2)3/h5,7,10,12,14H,4,6,8-9H2,1-3H3. The maximum absolute atomic E-state index is 11.0. The summed E-state index contributed by atoms with van der Waals surface area (Å²) in [6.07, 6.45) is 4.82. The topological polar surface area (TPSA) is 37.3 Å². The average molecular weight is 230 g/mol. The fourth-order valence-electron chi connectivity index (χ4n) is 1.07. The van der Waals surface area contributed by atoms with Gasteiger partial charge in [-0.3, -0.25) is 4.79 Å². The first kappa shape index (κ1) is 14.7. The minimum atomic E-state index is -0.596. The molecule has 0 heterocycles. The fourth-order valence-corrected chi connectivity index (χ4v) is 1.81. The molecule has 0 fully saturated rings. The van der Waals surface area contributed by atoms with Gasteiger partial charge in [-0.2, -0.15) is 11.8 Å². The summed E-state index contributed by atoms with van der Waals surface area (Å²) in [4.78, 5) is 11.0. The smallest absolute Gasteiger partial charge is 0.135 e. The summed E-state index contributed by atoms with van der Waals surface area (Å²) in [5.41, 5.74) is 0. The number of hydrogen-bond acceptors (Lipinski definition) is 3. The minimum Gasteiger partial charge on any atom is -0.389 e. The van der Waals surface area contributed by atoms with Gasteiger partial charge in [0.25, 0.3) is 0 Å². The van der Waals surface area contributed by atoms with Gasteiger partial charge in [-0.15, -0.1) is 0 Å². The van der Waals surface area contributed by atoms with E-state index in [4.69, 9.17) is 0 Å². The second-order valence-electron chi connectivity index (χ2n) is 3.80. The van der Waals surface area contributed by atoms with Crippen molar-refractivity contribution in [2.45, 2.75) is 51.4 Å². The van der Waals surface area contributed by atoms with Crippen molar-refractivity contribution < 1.29 is 9.90 Å². The molecule has 0 rings (SSSR count). The third-order valence-electron chi connectivity index (χ3n) is 1.93. The van der Waals surface area contributed by atoms with Crippen LogP contribution in [0.5, 0.6) is 0 Å². The van der Waals surface area contributed by atoms with Crippen molar-refractivity contribution in [3.63, 3.8) is 0 Å². The van der Waals surface area contributed by atoms with E-state index in [1.807, 2.05) is 24.8 Å². The SMILES string of the molecule is CCC(=O)CC(O)C=CCCSC(C)C. The Kier molecular flexibility index (Phi) is 8.82. The summed E-state index contributed by atoms with van der Waals surface area (Å²) in [7, 11) is 0. The molecular formula is C12H22O2S. The summed E-state index contributed by atoms with van der Waals surface area (Å²) >= 11 is 1.90. The Morgan fingerprint density at radius 2 is 2.13 bits per heavy atom. The van der Waals surface area contributed by atoms with E-state index in [1.54, 1.807) is 6.08 Å². The van der Waals surface area contributed by atoms with E-state index in [0.29, 0.717) is 11.7 Å². The van der Waals surface area contributed by atoms with Gasteiger partial charge in [0, 0.05) is 12.8 Å². The lowest BCUT2D eigenvalue weighted by molar-refractivity contribution is -0.120. The molecular weight excluding hydrogens is 208 g/mol. The molecule has 0 radical (unpaired) electrons.